The van der Waals surface area contributed by atoms with Crippen molar-refractivity contribution in [2.24, 2.45) is 5.92 Å². The maximum Gasteiger partial charge on any atom is 0.151 e. The molecule has 1 N–H and O–H groups in total. The normalized spacial score (nSPS) is 20.8. The van der Waals surface area contributed by atoms with Crippen molar-refractivity contribution >= 4 is 5.82 Å². The molecular weight excluding hydrogens is 262 g/mol. The van der Waals surface area contributed by atoms with Gasteiger partial charge in [-0.05, 0) is 51.5 Å². The van der Waals surface area contributed by atoms with Crippen LogP contribution in [0.3, 0.4) is 0 Å². The highest BCUT2D eigenvalue weighted by molar-refractivity contribution is 5.39. The summed E-state index contributed by atoms with van der Waals surface area (Å²) in [7, 11) is 2.19. The van der Waals surface area contributed by atoms with Gasteiger partial charge in [0, 0.05) is 25.7 Å². The van der Waals surface area contributed by atoms with E-state index in [4.69, 9.17) is 0 Å². The van der Waals surface area contributed by atoms with Crippen LogP contribution < -0.4 is 10.2 Å². The summed E-state index contributed by atoms with van der Waals surface area (Å²) < 4.78 is 0. The van der Waals surface area contributed by atoms with Crippen molar-refractivity contribution in [3.05, 3.63) is 17.8 Å². The molecule has 118 valence electrons. The predicted molar refractivity (Wildman–Crippen MR) is 87.5 cm³/mol. The molecule has 0 aliphatic carbocycles. The molecule has 2 rings (SSSR count). The van der Waals surface area contributed by atoms with E-state index in [0.717, 1.165) is 44.2 Å². The van der Waals surface area contributed by atoms with E-state index >= 15 is 0 Å². The standard InChI is InChI=1S/C16H29N5/c1-13(2)10-17-11-15-6-7-16(19-18-15)21-9-5-8-20(4)12-14(21)3/h6-7,13-14,17H,5,8-12H2,1-4H3. The first-order chi connectivity index (χ1) is 10.1. The van der Waals surface area contributed by atoms with E-state index < -0.39 is 0 Å². The molecule has 0 bridgehead atoms. The molecule has 0 radical (unpaired) electrons. The molecule has 0 amide bonds. The molecule has 1 saturated heterocycles. The number of anilines is 1. The van der Waals surface area contributed by atoms with Crippen molar-refractivity contribution in [1.29, 1.82) is 0 Å². The Labute approximate surface area is 128 Å². The topological polar surface area (TPSA) is 44.3 Å². The van der Waals surface area contributed by atoms with Gasteiger partial charge in [0.1, 0.15) is 0 Å². The number of nitrogens with zero attached hydrogens (tertiary/aromatic N) is 4. The van der Waals surface area contributed by atoms with Gasteiger partial charge in [-0.3, -0.25) is 0 Å². The maximum absolute atomic E-state index is 4.43. The maximum atomic E-state index is 4.43. The lowest BCUT2D eigenvalue weighted by molar-refractivity contribution is 0.337. The van der Waals surface area contributed by atoms with Crippen LogP contribution in [-0.2, 0) is 6.54 Å². The van der Waals surface area contributed by atoms with Gasteiger partial charge in [0.25, 0.3) is 0 Å². The number of hydrogen-bond donors (Lipinski definition) is 1. The van der Waals surface area contributed by atoms with Crippen LogP contribution in [0.2, 0.25) is 0 Å². The second-order valence-corrected chi connectivity index (χ2v) is 6.57. The third kappa shape index (κ3) is 4.93. The monoisotopic (exact) mass is 291 g/mol. The van der Waals surface area contributed by atoms with Gasteiger partial charge in [-0.25, -0.2) is 0 Å². The van der Waals surface area contributed by atoms with Gasteiger partial charge >= 0.3 is 0 Å². The summed E-state index contributed by atoms with van der Waals surface area (Å²) in [5, 5.41) is 12.2. The molecule has 1 aromatic rings. The molecule has 1 aromatic heterocycles. The van der Waals surface area contributed by atoms with Gasteiger partial charge in [-0.1, -0.05) is 13.8 Å². The summed E-state index contributed by atoms with van der Waals surface area (Å²) in [5.74, 6) is 1.66. The average molecular weight is 291 g/mol. The van der Waals surface area contributed by atoms with E-state index in [0.29, 0.717) is 12.0 Å². The number of nitrogens with one attached hydrogen (secondary N) is 1. The highest BCUT2D eigenvalue weighted by Crippen LogP contribution is 2.17. The van der Waals surface area contributed by atoms with Crippen molar-refractivity contribution in [3.63, 3.8) is 0 Å². The molecule has 21 heavy (non-hydrogen) atoms. The van der Waals surface area contributed by atoms with Crippen LogP contribution in [0.1, 0.15) is 32.9 Å². The van der Waals surface area contributed by atoms with Crippen LogP contribution in [0.25, 0.3) is 0 Å². The summed E-state index contributed by atoms with van der Waals surface area (Å²) >= 11 is 0. The zero-order chi connectivity index (χ0) is 15.2. The first-order valence-corrected chi connectivity index (χ1v) is 8.04. The Balaban J connectivity index is 1.94. The Bertz CT molecular complexity index is 417. The van der Waals surface area contributed by atoms with E-state index in [9.17, 15) is 0 Å². The molecule has 1 fully saturated rings. The van der Waals surface area contributed by atoms with Crippen molar-refractivity contribution in [3.8, 4) is 0 Å². The summed E-state index contributed by atoms with van der Waals surface area (Å²) in [5.41, 5.74) is 1.01. The lowest BCUT2D eigenvalue weighted by Crippen LogP contribution is -2.38. The molecule has 0 aromatic carbocycles. The summed E-state index contributed by atoms with van der Waals surface area (Å²) in [4.78, 5) is 4.77. The van der Waals surface area contributed by atoms with E-state index in [2.05, 4.69) is 65.3 Å². The first kappa shape index (κ1) is 16.2. The van der Waals surface area contributed by atoms with Crippen LogP contribution in [0.5, 0.6) is 0 Å². The highest BCUT2D eigenvalue weighted by atomic mass is 15.3. The van der Waals surface area contributed by atoms with Crippen molar-refractivity contribution < 1.29 is 0 Å². The Hall–Kier alpha value is -1.20. The Morgan fingerprint density at radius 2 is 2.10 bits per heavy atom. The lowest BCUT2D eigenvalue weighted by atomic mass is 10.2. The zero-order valence-corrected chi connectivity index (χ0v) is 13.8. The fourth-order valence-electron chi connectivity index (χ4n) is 2.80. The molecule has 5 nitrogen and oxygen atoms in total. The van der Waals surface area contributed by atoms with Gasteiger partial charge in [0.2, 0.25) is 0 Å². The second-order valence-electron chi connectivity index (χ2n) is 6.57. The summed E-state index contributed by atoms with van der Waals surface area (Å²) in [6, 6.07) is 4.69. The number of rotatable bonds is 5. The van der Waals surface area contributed by atoms with Gasteiger partial charge in [0.15, 0.2) is 5.82 Å². The minimum atomic E-state index is 0.483. The SMILES string of the molecule is CC(C)CNCc1ccc(N2CCCN(C)CC2C)nn1. The molecule has 2 heterocycles. The number of likely N-dealkylation sites (N-methyl/N-ethyl adjacent to an activating group) is 1. The number of aromatic nitrogens is 2. The Kier molecular flexibility index (Phi) is 5.94. The molecule has 5 heteroatoms. The van der Waals surface area contributed by atoms with Crippen molar-refractivity contribution in [2.45, 2.75) is 39.8 Å². The fraction of sp³-hybridized carbons (Fsp3) is 0.750. The van der Waals surface area contributed by atoms with Crippen molar-refractivity contribution in [1.82, 2.24) is 20.4 Å². The zero-order valence-electron chi connectivity index (χ0n) is 13.8. The highest BCUT2D eigenvalue weighted by Gasteiger charge is 2.20. The third-order valence-electron chi connectivity index (χ3n) is 3.91. The smallest absolute Gasteiger partial charge is 0.151 e. The fourth-order valence-corrected chi connectivity index (χ4v) is 2.80. The lowest BCUT2D eigenvalue weighted by Gasteiger charge is -2.28. The molecule has 1 aliphatic heterocycles. The largest absolute Gasteiger partial charge is 0.351 e. The second kappa shape index (κ2) is 7.71. The first-order valence-electron chi connectivity index (χ1n) is 8.04. The molecule has 0 saturated carbocycles. The van der Waals surface area contributed by atoms with E-state index in [1.807, 2.05) is 0 Å². The van der Waals surface area contributed by atoms with E-state index in [-0.39, 0.29) is 0 Å². The quantitative estimate of drug-likeness (QED) is 0.895. The predicted octanol–water partition coefficient (Wildman–Crippen LogP) is 1.75. The Morgan fingerprint density at radius 3 is 2.76 bits per heavy atom. The van der Waals surface area contributed by atoms with Gasteiger partial charge in [0.05, 0.1) is 5.69 Å². The molecule has 1 unspecified atom stereocenters. The molecule has 1 atom stereocenters. The Morgan fingerprint density at radius 1 is 1.29 bits per heavy atom. The van der Waals surface area contributed by atoms with Crippen LogP contribution in [0, 0.1) is 5.92 Å². The minimum absolute atomic E-state index is 0.483. The summed E-state index contributed by atoms with van der Waals surface area (Å²) in [6.07, 6.45) is 1.18. The van der Waals surface area contributed by atoms with Crippen LogP contribution in [-0.4, -0.2) is 54.4 Å². The molecule has 1 aliphatic rings. The third-order valence-corrected chi connectivity index (χ3v) is 3.91. The molecule has 0 spiro atoms. The summed E-state index contributed by atoms with van der Waals surface area (Å²) in [6.45, 7) is 11.8. The van der Waals surface area contributed by atoms with E-state index in [1.165, 1.54) is 6.42 Å². The average Bonchev–Trinajstić information content (AvgIpc) is 2.60. The van der Waals surface area contributed by atoms with Crippen LogP contribution in [0.15, 0.2) is 12.1 Å². The van der Waals surface area contributed by atoms with Gasteiger partial charge in [-0.15, -0.1) is 5.10 Å². The van der Waals surface area contributed by atoms with Crippen molar-refractivity contribution in [2.75, 3.05) is 38.1 Å². The van der Waals surface area contributed by atoms with Gasteiger partial charge < -0.3 is 15.1 Å². The minimum Gasteiger partial charge on any atom is -0.351 e. The van der Waals surface area contributed by atoms with Gasteiger partial charge in [-0.2, -0.15) is 5.10 Å². The van der Waals surface area contributed by atoms with E-state index in [1.54, 1.807) is 0 Å². The molecular formula is C16H29N5. The number of hydrogen-bond acceptors (Lipinski definition) is 5. The van der Waals surface area contributed by atoms with Crippen LogP contribution in [0.4, 0.5) is 5.82 Å². The van der Waals surface area contributed by atoms with Crippen LogP contribution >= 0.6 is 0 Å².